The Kier molecular flexibility index (Phi) is 10.6. The van der Waals surface area contributed by atoms with Crippen LogP contribution in [0.2, 0.25) is 0 Å². The molecule has 1 aromatic rings. The zero-order chi connectivity index (χ0) is 11.6. The molecule has 0 amide bonds. The molecule has 0 radical (unpaired) electrons. The van der Waals surface area contributed by atoms with Crippen molar-refractivity contribution in [2.75, 3.05) is 5.73 Å². The number of nitrogens with one attached hydrogen (secondary N) is 1. The molecule has 1 rings (SSSR count). The average Bonchev–Trinajstić information content (AvgIpc) is 2.24. The van der Waals surface area contributed by atoms with Gasteiger partial charge in [-0.2, -0.15) is 0 Å². The van der Waals surface area contributed by atoms with E-state index in [2.05, 4.69) is 0 Å². The predicted octanol–water partition coefficient (Wildman–Crippen LogP) is 3.63. The van der Waals surface area contributed by atoms with Crippen LogP contribution in [-0.4, -0.2) is 6.21 Å². The summed E-state index contributed by atoms with van der Waals surface area (Å²) in [5, 5.41) is 6.95. The number of nitrogens with two attached hydrogens (primary N) is 1. The first kappa shape index (κ1) is 15.2. The molecule has 3 N–H and O–H groups in total. The third-order valence-corrected chi connectivity index (χ3v) is 1.40. The van der Waals surface area contributed by atoms with E-state index in [0.29, 0.717) is 5.69 Å². The molecule has 14 heavy (non-hydrogen) atoms. The van der Waals surface area contributed by atoms with Gasteiger partial charge >= 0.3 is 0 Å². The van der Waals surface area contributed by atoms with Gasteiger partial charge in [0, 0.05) is 17.5 Å². The number of aryl methyl sites for hydroxylation is 1. The Bertz CT molecular complexity index is 254. The van der Waals surface area contributed by atoms with Gasteiger partial charge in [-0.05, 0) is 18.6 Å². The van der Waals surface area contributed by atoms with E-state index in [4.69, 9.17) is 11.1 Å². The van der Waals surface area contributed by atoms with E-state index < -0.39 is 0 Å². The maximum atomic E-state index is 6.95. The van der Waals surface area contributed by atoms with Crippen LogP contribution in [0.25, 0.3) is 0 Å². The van der Waals surface area contributed by atoms with Crippen molar-refractivity contribution >= 4 is 11.9 Å². The topological polar surface area (TPSA) is 49.9 Å². The van der Waals surface area contributed by atoms with Gasteiger partial charge in [-0.3, -0.25) is 0 Å². The highest BCUT2D eigenvalue weighted by Gasteiger charge is 1.92. The molecule has 0 saturated heterocycles. The monoisotopic (exact) mass is 194 g/mol. The van der Waals surface area contributed by atoms with Gasteiger partial charge in [-0.15, -0.1) is 0 Å². The number of nitrogen functional groups attached to an aromatic ring is 1. The van der Waals surface area contributed by atoms with Crippen LogP contribution in [0.5, 0.6) is 0 Å². The fourth-order valence-electron chi connectivity index (χ4n) is 0.826. The Labute approximate surface area is 87.7 Å². The first-order valence-corrected chi connectivity index (χ1v) is 5.10. The molecule has 2 nitrogen and oxygen atoms in total. The molecule has 0 aliphatic rings. The first-order chi connectivity index (χ1) is 6.74. The molecule has 0 atom stereocenters. The molecular weight excluding hydrogens is 172 g/mol. The quantitative estimate of drug-likeness (QED) is 0.520. The Morgan fingerprint density at radius 3 is 2.00 bits per heavy atom. The molecule has 80 valence electrons. The van der Waals surface area contributed by atoms with Crippen LogP contribution in [0.1, 0.15) is 38.8 Å². The highest BCUT2D eigenvalue weighted by molar-refractivity contribution is 5.84. The fraction of sp³-hybridized carbons (Fsp3) is 0.417. The number of anilines is 1. The summed E-state index contributed by atoms with van der Waals surface area (Å²) < 4.78 is 0. The van der Waals surface area contributed by atoms with Crippen molar-refractivity contribution in [3.8, 4) is 0 Å². The molecule has 0 bridgehead atoms. The van der Waals surface area contributed by atoms with Crippen LogP contribution in [0, 0.1) is 12.3 Å². The maximum absolute atomic E-state index is 6.95. The van der Waals surface area contributed by atoms with Gasteiger partial charge in [0.15, 0.2) is 0 Å². The molecule has 0 aliphatic carbocycles. The number of hydrogen-bond acceptors (Lipinski definition) is 2. The van der Waals surface area contributed by atoms with Gasteiger partial charge in [0.1, 0.15) is 0 Å². The summed E-state index contributed by atoms with van der Waals surface area (Å²) >= 11 is 0. The molecule has 1 aromatic carbocycles. The average molecular weight is 194 g/mol. The zero-order valence-corrected chi connectivity index (χ0v) is 9.89. The van der Waals surface area contributed by atoms with Crippen molar-refractivity contribution in [1.82, 2.24) is 0 Å². The highest BCUT2D eigenvalue weighted by atomic mass is 14.6. The minimum atomic E-state index is 0.676. The van der Waals surface area contributed by atoms with Gasteiger partial charge in [-0.1, -0.05) is 39.8 Å². The first-order valence-electron chi connectivity index (χ1n) is 5.10. The van der Waals surface area contributed by atoms with Gasteiger partial charge in [0.25, 0.3) is 0 Å². The molecule has 0 saturated carbocycles. The Morgan fingerprint density at radius 1 is 1.14 bits per heavy atom. The lowest BCUT2D eigenvalue weighted by Crippen LogP contribution is -1.92. The minimum absolute atomic E-state index is 0.676. The van der Waals surface area contributed by atoms with Gasteiger partial charge in [0.2, 0.25) is 0 Å². The van der Waals surface area contributed by atoms with Crippen molar-refractivity contribution in [3.05, 3.63) is 29.3 Å². The lowest BCUT2D eigenvalue weighted by Gasteiger charge is -1.98. The normalized spacial score (nSPS) is 7.50. The second-order valence-electron chi connectivity index (χ2n) is 2.28. The van der Waals surface area contributed by atoms with Crippen LogP contribution in [0.15, 0.2) is 18.2 Å². The summed E-state index contributed by atoms with van der Waals surface area (Å²) in [7, 11) is 0. The number of rotatable bonds is 1. The summed E-state index contributed by atoms with van der Waals surface area (Å²) in [6.45, 7) is 9.98. The SMILES string of the molecule is CC.CC.Cc1ccc(C=N)c(N)c1. The molecule has 0 aromatic heterocycles. The second kappa shape index (κ2) is 9.78. The lowest BCUT2D eigenvalue weighted by atomic mass is 10.1. The van der Waals surface area contributed by atoms with E-state index in [9.17, 15) is 0 Å². The van der Waals surface area contributed by atoms with Crippen molar-refractivity contribution in [2.45, 2.75) is 34.6 Å². The van der Waals surface area contributed by atoms with Gasteiger partial charge in [-0.25, -0.2) is 0 Å². The summed E-state index contributed by atoms with van der Waals surface area (Å²) in [4.78, 5) is 0. The Balaban J connectivity index is 0. The van der Waals surface area contributed by atoms with Crippen LogP contribution < -0.4 is 5.73 Å². The Morgan fingerprint density at radius 2 is 1.64 bits per heavy atom. The van der Waals surface area contributed by atoms with Gasteiger partial charge in [0.05, 0.1) is 0 Å². The highest BCUT2D eigenvalue weighted by Crippen LogP contribution is 2.10. The van der Waals surface area contributed by atoms with Crippen LogP contribution in [-0.2, 0) is 0 Å². The predicted molar refractivity (Wildman–Crippen MR) is 66.2 cm³/mol. The zero-order valence-electron chi connectivity index (χ0n) is 9.89. The van der Waals surface area contributed by atoms with Crippen molar-refractivity contribution in [3.63, 3.8) is 0 Å². The van der Waals surface area contributed by atoms with E-state index in [-0.39, 0.29) is 0 Å². The minimum Gasteiger partial charge on any atom is -0.398 e. The molecule has 0 fully saturated rings. The third kappa shape index (κ3) is 5.36. The molecular formula is C12H22N2. The van der Waals surface area contributed by atoms with Crippen LogP contribution >= 0.6 is 0 Å². The van der Waals surface area contributed by atoms with Crippen molar-refractivity contribution < 1.29 is 0 Å². The summed E-state index contributed by atoms with van der Waals surface area (Å²) in [6, 6.07) is 5.65. The van der Waals surface area contributed by atoms with Crippen molar-refractivity contribution in [2.24, 2.45) is 0 Å². The number of hydrogen-bond donors (Lipinski definition) is 2. The van der Waals surface area contributed by atoms with Crippen LogP contribution in [0.3, 0.4) is 0 Å². The fourth-order valence-corrected chi connectivity index (χ4v) is 0.826. The summed E-state index contributed by atoms with van der Waals surface area (Å²) in [5.74, 6) is 0. The largest absolute Gasteiger partial charge is 0.398 e. The lowest BCUT2D eigenvalue weighted by molar-refractivity contribution is 1.45. The van der Waals surface area contributed by atoms with E-state index >= 15 is 0 Å². The maximum Gasteiger partial charge on any atom is 0.0405 e. The number of benzene rings is 1. The molecule has 0 unspecified atom stereocenters. The molecule has 2 heteroatoms. The summed E-state index contributed by atoms with van der Waals surface area (Å²) in [6.07, 6.45) is 1.26. The van der Waals surface area contributed by atoms with Crippen LogP contribution in [0.4, 0.5) is 5.69 Å². The second-order valence-corrected chi connectivity index (χ2v) is 2.28. The van der Waals surface area contributed by atoms with Gasteiger partial charge < -0.3 is 11.1 Å². The van der Waals surface area contributed by atoms with E-state index in [0.717, 1.165) is 11.1 Å². The standard InChI is InChI=1S/C8H10N2.2C2H6/c1-6-2-3-7(5-9)8(10)4-6;2*1-2/h2-5,9H,10H2,1H3;2*1-2H3. The van der Waals surface area contributed by atoms with E-state index in [1.807, 2.05) is 52.8 Å². The van der Waals surface area contributed by atoms with E-state index in [1.165, 1.54) is 6.21 Å². The third-order valence-electron chi connectivity index (χ3n) is 1.40. The molecule has 0 aliphatic heterocycles. The van der Waals surface area contributed by atoms with E-state index in [1.54, 1.807) is 0 Å². The van der Waals surface area contributed by atoms with Crippen molar-refractivity contribution in [1.29, 1.82) is 5.41 Å². The molecule has 0 spiro atoms. The smallest absolute Gasteiger partial charge is 0.0405 e. The summed E-state index contributed by atoms with van der Waals surface area (Å²) in [5.41, 5.74) is 8.17. The Hall–Kier alpha value is -1.31. The molecule has 0 heterocycles.